The standard InChI is InChI=1S/C15H28N2S/c1-2-3-4-5-6-7-8-15(17-16)10-9-14-11-12-18-13-14/h11-13,15,17H,2-10,16H2,1H3. The van der Waals surface area contributed by atoms with Gasteiger partial charge in [0.25, 0.3) is 0 Å². The molecule has 1 aromatic heterocycles. The highest BCUT2D eigenvalue weighted by molar-refractivity contribution is 7.07. The molecule has 3 N–H and O–H groups in total. The lowest BCUT2D eigenvalue weighted by Gasteiger charge is -2.15. The minimum absolute atomic E-state index is 0.482. The third-order valence-corrected chi connectivity index (χ3v) is 4.24. The summed E-state index contributed by atoms with van der Waals surface area (Å²) in [6.07, 6.45) is 11.7. The first-order chi connectivity index (χ1) is 8.86. The van der Waals surface area contributed by atoms with Crippen LogP contribution in [-0.4, -0.2) is 6.04 Å². The molecule has 1 atom stereocenters. The van der Waals surface area contributed by atoms with Crippen molar-refractivity contribution in [1.29, 1.82) is 0 Å². The molecule has 0 amide bonds. The summed E-state index contributed by atoms with van der Waals surface area (Å²) in [6, 6.07) is 2.69. The monoisotopic (exact) mass is 268 g/mol. The molecule has 0 bridgehead atoms. The number of nitrogens with two attached hydrogens (primary N) is 1. The second-order valence-corrected chi connectivity index (χ2v) is 5.87. The zero-order valence-corrected chi connectivity index (χ0v) is 12.5. The minimum atomic E-state index is 0.482. The van der Waals surface area contributed by atoms with Crippen LogP contribution in [0.2, 0.25) is 0 Å². The Morgan fingerprint density at radius 3 is 2.61 bits per heavy atom. The van der Waals surface area contributed by atoms with E-state index < -0.39 is 0 Å². The van der Waals surface area contributed by atoms with E-state index in [0.29, 0.717) is 6.04 Å². The topological polar surface area (TPSA) is 38.0 Å². The zero-order chi connectivity index (χ0) is 13.1. The largest absolute Gasteiger partial charge is 0.271 e. The lowest BCUT2D eigenvalue weighted by molar-refractivity contribution is 0.438. The molecule has 0 aromatic carbocycles. The van der Waals surface area contributed by atoms with E-state index in [2.05, 4.69) is 29.2 Å². The molecule has 104 valence electrons. The summed E-state index contributed by atoms with van der Waals surface area (Å²) in [5.41, 5.74) is 4.42. The van der Waals surface area contributed by atoms with Crippen molar-refractivity contribution in [3.05, 3.63) is 22.4 Å². The molecule has 1 rings (SSSR count). The number of nitrogens with one attached hydrogen (secondary N) is 1. The molecule has 0 fully saturated rings. The van der Waals surface area contributed by atoms with E-state index >= 15 is 0 Å². The van der Waals surface area contributed by atoms with Gasteiger partial charge in [0.05, 0.1) is 0 Å². The van der Waals surface area contributed by atoms with Gasteiger partial charge in [0, 0.05) is 6.04 Å². The van der Waals surface area contributed by atoms with Crippen LogP contribution < -0.4 is 11.3 Å². The number of aryl methyl sites for hydroxylation is 1. The van der Waals surface area contributed by atoms with Crippen LogP contribution in [0.25, 0.3) is 0 Å². The molecule has 0 aliphatic heterocycles. The highest BCUT2D eigenvalue weighted by Gasteiger charge is 2.06. The van der Waals surface area contributed by atoms with Crippen LogP contribution in [0.1, 0.15) is 63.9 Å². The van der Waals surface area contributed by atoms with Crippen LogP contribution in [0.4, 0.5) is 0 Å². The summed E-state index contributed by atoms with van der Waals surface area (Å²) in [6.45, 7) is 2.26. The Labute approximate surface area is 116 Å². The fraction of sp³-hybridized carbons (Fsp3) is 0.733. The van der Waals surface area contributed by atoms with Gasteiger partial charge in [-0.3, -0.25) is 11.3 Å². The third-order valence-electron chi connectivity index (χ3n) is 3.50. The summed E-state index contributed by atoms with van der Waals surface area (Å²) in [7, 11) is 0. The Morgan fingerprint density at radius 1 is 1.17 bits per heavy atom. The number of hydrazine groups is 1. The Balaban J connectivity index is 2.02. The normalized spacial score (nSPS) is 12.8. The summed E-state index contributed by atoms with van der Waals surface area (Å²) < 4.78 is 0. The van der Waals surface area contributed by atoms with Crippen molar-refractivity contribution in [2.45, 2.75) is 70.8 Å². The van der Waals surface area contributed by atoms with Gasteiger partial charge in [0.15, 0.2) is 0 Å². The molecule has 1 heterocycles. The van der Waals surface area contributed by atoms with E-state index in [0.717, 1.165) is 12.8 Å². The Morgan fingerprint density at radius 2 is 1.94 bits per heavy atom. The maximum Gasteiger partial charge on any atom is 0.0213 e. The quantitative estimate of drug-likeness (QED) is 0.357. The molecule has 3 heteroatoms. The Hall–Kier alpha value is -0.380. The van der Waals surface area contributed by atoms with Crippen LogP contribution in [0, 0.1) is 0 Å². The molecule has 0 spiro atoms. The van der Waals surface area contributed by atoms with Crippen LogP contribution in [0.15, 0.2) is 16.8 Å². The fourth-order valence-electron chi connectivity index (χ4n) is 2.26. The molecule has 1 unspecified atom stereocenters. The van der Waals surface area contributed by atoms with Crippen molar-refractivity contribution in [2.24, 2.45) is 5.84 Å². The first-order valence-electron chi connectivity index (χ1n) is 7.34. The molecule has 0 aliphatic rings. The first kappa shape index (κ1) is 15.7. The summed E-state index contributed by atoms with van der Waals surface area (Å²) in [4.78, 5) is 0. The number of rotatable bonds is 11. The summed E-state index contributed by atoms with van der Waals surface area (Å²) >= 11 is 1.78. The van der Waals surface area contributed by atoms with Crippen LogP contribution in [0.5, 0.6) is 0 Å². The van der Waals surface area contributed by atoms with Crippen molar-refractivity contribution in [3.63, 3.8) is 0 Å². The molecule has 18 heavy (non-hydrogen) atoms. The molecule has 1 aromatic rings. The fourth-order valence-corrected chi connectivity index (χ4v) is 2.96. The molecule has 0 saturated carbocycles. The van der Waals surface area contributed by atoms with Crippen LogP contribution in [0.3, 0.4) is 0 Å². The molecule has 0 saturated heterocycles. The molecule has 0 radical (unpaired) electrons. The first-order valence-corrected chi connectivity index (χ1v) is 8.28. The van der Waals surface area contributed by atoms with E-state index in [1.165, 1.54) is 50.5 Å². The maximum atomic E-state index is 5.63. The van der Waals surface area contributed by atoms with E-state index in [4.69, 9.17) is 5.84 Å². The van der Waals surface area contributed by atoms with Gasteiger partial charge >= 0.3 is 0 Å². The second kappa shape index (κ2) is 10.5. The van der Waals surface area contributed by atoms with Crippen molar-refractivity contribution in [3.8, 4) is 0 Å². The molecule has 0 aliphatic carbocycles. The SMILES string of the molecule is CCCCCCCCC(CCc1ccsc1)NN. The van der Waals surface area contributed by atoms with Crippen LogP contribution in [-0.2, 0) is 6.42 Å². The van der Waals surface area contributed by atoms with Crippen LogP contribution >= 0.6 is 11.3 Å². The Bertz CT molecular complexity index is 272. The molecular weight excluding hydrogens is 240 g/mol. The Kier molecular flexibility index (Phi) is 9.17. The minimum Gasteiger partial charge on any atom is -0.271 e. The van der Waals surface area contributed by atoms with Gasteiger partial charge in [0.2, 0.25) is 0 Å². The smallest absolute Gasteiger partial charge is 0.0213 e. The second-order valence-electron chi connectivity index (χ2n) is 5.09. The van der Waals surface area contributed by atoms with Gasteiger partial charge in [-0.25, -0.2) is 0 Å². The lowest BCUT2D eigenvalue weighted by Crippen LogP contribution is -2.35. The highest BCUT2D eigenvalue weighted by Crippen LogP contribution is 2.13. The van der Waals surface area contributed by atoms with E-state index in [9.17, 15) is 0 Å². The average Bonchev–Trinajstić information content (AvgIpc) is 2.90. The van der Waals surface area contributed by atoms with Crippen molar-refractivity contribution < 1.29 is 0 Å². The van der Waals surface area contributed by atoms with Gasteiger partial charge in [-0.1, -0.05) is 45.4 Å². The predicted octanol–water partition coefficient (Wildman–Crippen LogP) is 4.26. The average molecular weight is 268 g/mol. The summed E-state index contributed by atoms with van der Waals surface area (Å²) in [5, 5.41) is 4.38. The maximum absolute atomic E-state index is 5.63. The molecule has 2 nitrogen and oxygen atoms in total. The number of hydrogen-bond donors (Lipinski definition) is 2. The van der Waals surface area contributed by atoms with Gasteiger partial charge < -0.3 is 0 Å². The van der Waals surface area contributed by atoms with Gasteiger partial charge in [-0.15, -0.1) is 0 Å². The van der Waals surface area contributed by atoms with E-state index in [1.54, 1.807) is 11.3 Å². The number of thiophene rings is 1. The van der Waals surface area contributed by atoms with Crippen molar-refractivity contribution in [1.82, 2.24) is 5.43 Å². The van der Waals surface area contributed by atoms with E-state index in [-0.39, 0.29) is 0 Å². The lowest BCUT2D eigenvalue weighted by atomic mass is 10.0. The number of unbranched alkanes of at least 4 members (excludes halogenated alkanes) is 5. The number of hydrogen-bond acceptors (Lipinski definition) is 3. The van der Waals surface area contributed by atoms with Gasteiger partial charge in [-0.05, 0) is 41.7 Å². The molecular formula is C15H28N2S. The van der Waals surface area contributed by atoms with E-state index in [1.807, 2.05) is 0 Å². The third kappa shape index (κ3) is 7.14. The highest BCUT2D eigenvalue weighted by atomic mass is 32.1. The van der Waals surface area contributed by atoms with Crippen molar-refractivity contribution >= 4 is 11.3 Å². The van der Waals surface area contributed by atoms with Gasteiger partial charge in [-0.2, -0.15) is 11.3 Å². The van der Waals surface area contributed by atoms with Crippen molar-refractivity contribution in [2.75, 3.05) is 0 Å². The summed E-state index contributed by atoms with van der Waals surface area (Å²) in [5.74, 6) is 5.63. The zero-order valence-electron chi connectivity index (χ0n) is 11.7. The predicted molar refractivity (Wildman–Crippen MR) is 81.7 cm³/mol. The van der Waals surface area contributed by atoms with Gasteiger partial charge in [0.1, 0.15) is 0 Å².